The second-order valence-electron chi connectivity index (χ2n) is 13.9. The van der Waals surface area contributed by atoms with E-state index in [-0.39, 0.29) is 19.1 Å². The molecule has 2 N–H and O–H groups in total. The van der Waals surface area contributed by atoms with E-state index in [2.05, 4.69) is 31.3 Å². The molecule has 0 bridgehead atoms. The van der Waals surface area contributed by atoms with Gasteiger partial charge in [-0.05, 0) is 44.9 Å². The summed E-state index contributed by atoms with van der Waals surface area (Å²) < 4.78 is 23.0. The lowest BCUT2D eigenvalue weighted by Gasteiger charge is -2.29. The zero-order valence-corrected chi connectivity index (χ0v) is 31.4. The van der Waals surface area contributed by atoms with Crippen LogP contribution in [-0.2, 0) is 18.4 Å². The van der Waals surface area contributed by atoms with E-state index in [9.17, 15) is 19.4 Å². The van der Waals surface area contributed by atoms with Crippen LogP contribution in [0.5, 0.6) is 0 Å². The van der Waals surface area contributed by atoms with Crippen LogP contribution in [-0.4, -0.2) is 68.5 Å². The number of allylic oxidation sites excluding steroid dienone is 3. The zero-order chi connectivity index (χ0) is 34.4. The van der Waals surface area contributed by atoms with E-state index in [1.54, 1.807) is 6.08 Å². The number of phosphoric acid groups is 1. The fourth-order valence-electron chi connectivity index (χ4n) is 5.09. The predicted octanol–water partition coefficient (Wildman–Crippen LogP) is 8.77. The van der Waals surface area contributed by atoms with Crippen molar-refractivity contribution in [1.82, 2.24) is 5.32 Å². The summed E-state index contributed by atoms with van der Waals surface area (Å²) in [6, 6.07) is -0.884. The highest BCUT2D eigenvalue weighted by Crippen LogP contribution is 2.38. The van der Waals surface area contributed by atoms with Gasteiger partial charge < -0.3 is 28.8 Å². The summed E-state index contributed by atoms with van der Waals surface area (Å²) in [4.78, 5) is 25.1. The smallest absolute Gasteiger partial charge is 0.268 e. The summed E-state index contributed by atoms with van der Waals surface area (Å²) in [6.07, 6.45) is 32.1. The van der Waals surface area contributed by atoms with E-state index in [1.807, 2.05) is 27.2 Å². The van der Waals surface area contributed by atoms with Gasteiger partial charge in [0, 0.05) is 6.42 Å². The molecule has 3 atom stereocenters. The highest BCUT2D eigenvalue weighted by Gasteiger charge is 2.23. The summed E-state index contributed by atoms with van der Waals surface area (Å²) in [5.41, 5.74) is 0. The highest BCUT2D eigenvalue weighted by atomic mass is 31.2. The van der Waals surface area contributed by atoms with Gasteiger partial charge in [-0.15, -0.1) is 0 Å². The van der Waals surface area contributed by atoms with Gasteiger partial charge in [0.25, 0.3) is 7.82 Å². The maximum Gasteiger partial charge on any atom is 0.268 e. The molecular formula is C37H73N2O6P. The molecule has 0 fully saturated rings. The molecule has 0 saturated carbocycles. The Hall–Kier alpha value is -1.02. The second kappa shape index (κ2) is 30.1. The Morgan fingerprint density at radius 2 is 1.20 bits per heavy atom. The van der Waals surface area contributed by atoms with Gasteiger partial charge in [0.05, 0.1) is 39.9 Å². The monoisotopic (exact) mass is 673 g/mol. The molecule has 8 nitrogen and oxygen atoms in total. The van der Waals surface area contributed by atoms with Crippen LogP contribution in [0, 0.1) is 0 Å². The van der Waals surface area contributed by atoms with E-state index in [0.717, 1.165) is 51.4 Å². The number of amides is 1. The van der Waals surface area contributed by atoms with Gasteiger partial charge in [-0.25, -0.2) is 0 Å². The molecule has 0 aromatic carbocycles. The lowest BCUT2D eigenvalue weighted by atomic mass is 10.1. The van der Waals surface area contributed by atoms with Crippen molar-refractivity contribution in [3.8, 4) is 0 Å². The topological polar surface area (TPSA) is 108 Å². The third kappa shape index (κ3) is 31.6. The number of hydrogen-bond donors (Lipinski definition) is 2. The molecule has 0 rings (SSSR count). The number of carbonyl (C=O) groups is 1. The predicted molar refractivity (Wildman–Crippen MR) is 192 cm³/mol. The molecular weight excluding hydrogens is 599 g/mol. The summed E-state index contributed by atoms with van der Waals surface area (Å²) in [6.45, 7) is 4.58. The number of nitrogens with zero attached hydrogens (tertiary/aromatic N) is 1. The number of phosphoric ester groups is 1. The number of aliphatic hydroxyl groups excluding tert-OH is 1. The fourth-order valence-corrected chi connectivity index (χ4v) is 5.81. The minimum Gasteiger partial charge on any atom is -0.756 e. The van der Waals surface area contributed by atoms with Gasteiger partial charge in [0.2, 0.25) is 5.91 Å². The van der Waals surface area contributed by atoms with Crippen LogP contribution in [0.15, 0.2) is 24.3 Å². The van der Waals surface area contributed by atoms with Crippen LogP contribution in [0.1, 0.15) is 155 Å². The molecule has 0 aromatic heterocycles. The van der Waals surface area contributed by atoms with Crippen molar-refractivity contribution >= 4 is 13.7 Å². The first-order valence-electron chi connectivity index (χ1n) is 18.7. The lowest BCUT2D eigenvalue weighted by molar-refractivity contribution is -0.870. The molecule has 9 heteroatoms. The summed E-state index contributed by atoms with van der Waals surface area (Å²) in [7, 11) is 1.25. The first-order chi connectivity index (χ1) is 22.0. The third-order valence-corrected chi connectivity index (χ3v) is 9.12. The Kier molecular flexibility index (Phi) is 29.4. The largest absolute Gasteiger partial charge is 0.756 e. The van der Waals surface area contributed by atoms with Crippen LogP contribution in [0.25, 0.3) is 0 Å². The minimum absolute atomic E-state index is 0.00212. The van der Waals surface area contributed by atoms with Crippen LogP contribution in [0.2, 0.25) is 0 Å². The van der Waals surface area contributed by atoms with Crippen LogP contribution in [0.4, 0.5) is 0 Å². The number of nitrogens with one attached hydrogen (secondary N) is 1. The zero-order valence-electron chi connectivity index (χ0n) is 30.5. The molecule has 0 aliphatic rings. The van der Waals surface area contributed by atoms with Crippen LogP contribution in [0.3, 0.4) is 0 Å². The van der Waals surface area contributed by atoms with Crippen LogP contribution < -0.4 is 10.2 Å². The molecule has 0 aromatic rings. The van der Waals surface area contributed by atoms with E-state index < -0.39 is 20.0 Å². The molecule has 0 heterocycles. The maximum absolute atomic E-state index is 12.7. The van der Waals surface area contributed by atoms with Gasteiger partial charge in [0.15, 0.2) is 0 Å². The lowest BCUT2D eigenvalue weighted by Crippen LogP contribution is -2.45. The number of hydrogen-bond acceptors (Lipinski definition) is 6. The Balaban J connectivity index is 4.58. The van der Waals surface area contributed by atoms with E-state index in [1.165, 1.54) is 83.5 Å². The molecule has 1 amide bonds. The van der Waals surface area contributed by atoms with Crippen molar-refractivity contribution in [3.63, 3.8) is 0 Å². The normalized spacial score (nSPS) is 15.0. The minimum atomic E-state index is -4.58. The Labute approximate surface area is 284 Å². The molecule has 0 aliphatic carbocycles. The van der Waals surface area contributed by atoms with E-state index in [4.69, 9.17) is 9.05 Å². The average Bonchev–Trinajstić information content (AvgIpc) is 2.99. The molecule has 0 saturated heterocycles. The summed E-state index contributed by atoms with van der Waals surface area (Å²) in [5, 5.41) is 13.7. The number of carbonyl (C=O) groups excluding carboxylic acids is 1. The first kappa shape index (κ1) is 45.0. The molecule has 3 unspecified atom stereocenters. The SMILES string of the molecule is CCCCC/C=C\CCCCCCCC(=O)NC(COP(=O)([O-])OCC[N+](C)(C)C)C(O)/C=C/CCCCCCCCCCCC. The first-order valence-corrected chi connectivity index (χ1v) is 20.2. The maximum atomic E-state index is 12.7. The van der Waals surface area contributed by atoms with Gasteiger partial charge in [-0.2, -0.15) is 0 Å². The van der Waals surface area contributed by atoms with Gasteiger partial charge in [-0.3, -0.25) is 9.36 Å². The van der Waals surface area contributed by atoms with Gasteiger partial charge in [-0.1, -0.05) is 128 Å². The number of unbranched alkanes of at least 4 members (excludes halogenated alkanes) is 18. The van der Waals surface area contributed by atoms with Crippen LogP contribution >= 0.6 is 7.82 Å². The highest BCUT2D eigenvalue weighted by molar-refractivity contribution is 7.45. The summed E-state index contributed by atoms with van der Waals surface area (Å²) in [5.74, 6) is -0.211. The standard InChI is InChI=1S/C37H73N2O6P/c1-6-8-10-12-14-16-18-20-22-24-26-28-30-36(40)35(34-45-46(42,43)44-33-32-39(3,4)5)38-37(41)31-29-27-25-23-21-19-17-15-13-11-9-7-2/h15,17,28,30,35-36,40H,6-14,16,18-27,29,31-34H2,1-5H3,(H-,38,41,42,43)/b17-15-,30-28+. The van der Waals surface area contributed by atoms with Crippen molar-refractivity contribution in [2.24, 2.45) is 0 Å². The summed E-state index contributed by atoms with van der Waals surface area (Å²) >= 11 is 0. The number of likely N-dealkylation sites (N-methyl/N-ethyl adjacent to an activating group) is 1. The van der Waals surface area contributed by atoms with Crippen molar-refractivity contribution in [3.05, 3.63) is 24.3 Å². The van der Waals surface area contributed by atoms with E-state index in [0.29, 0.717) is 17.4 Å². The van der Waals surface area contributed by atoms with Crippen molar-refractivity contribution < 1.29 is 32.9 Å². The Bertz CT molecular complexity index is 814. The average molecular weight is 673 g/mol. The number of aliphatic hydroxyl groups is 1. The molecule has 272 valence electrons. The molecule has 0 aliphatic heterocycles. The van der Waals surface area contributed by atoms with Crippen molar-refractivity contribution in [1.29, 1.82) is 0 Å². The van der Waals surface area contributed by atoms with Crippen molar-refractivity contribution in [2.45, 2.75) is 167 Å². The number of rotatable bonds is 33. The molecule has 0 radical (unpaired) electrons. The molecule has 46 heavy (non-hydrogen) atoms. The number of quaternary nitrogens is 1. The quantitative estimate of drug-likeness (QED) is 0.0312. The van der Waals surface area contributed by atoms with Gasteiger partial charge >= 0.3 is 0 Å². The third-order valence-electron chi connectivity index (χ3n) is 8.16. The van der Waals surface area contributed by atoms with Gasteiger partial charge in [0.1, 0.15) is 13.2 Å². The fraction of sp³-hybridized carbons (Fsp3) is 0.865. The Morgan fingerprint density at radius 1 is 0.739 bits per heavy atom. The molecule has 0 spiro atoms. The van der Waals surface area contributed by atoms with E-state index >= 15 is 0 Å². The Morgan fingerprint density at radius 3 is 1.74 bits per heavy atom. The van der Waals surface area contributed by atoms with Crippen molar-refractivity contribution in [2.75, 3.05) is 40.9 Å². The second-order valence-corrected chi connectivity index (χ2v) is 15.3.